The van der Waals surface area contributed by atoms with Gasteiger partial charge in [0.2, 0.25) is 17.7 Å². The Bertz CT molecular complexity index is 423. The molecule has 11 heteroatoms. The summed E-state index contributed by atoms with van der Waals surface area (Å²) in [7, 11) is -4.43. The first-order valence-corrected chi connectivity index (χ1v) is 7.37. The Hall–Kier alpha value is -1.48. The normalized spacial score (nSPS) is 14.1. The molecule has 0 spiro atoms. The van der Waals surface area contributed by atoms with Crippen LogP contribution in [-0.4, -0.2) is 52.4 Å². The second-order valence-electron chi connectivity index (χ2n) is 4.04. The number of carbonyl (C=O) groups is 3. The monoisotopic (exact) mass is 310 g/mol. The average Bonchev–Trinajstić information content (AvgIpc) is 2.34. The van der Waals surface area contributed by atoms with Crippen LogP contribution in [0.1, 0.15) is 13.8 Å². The van der Waals surface area contributed by atoms with Crippen LogP contribution < -0.4 is 21.7 Å². The molecule has 0 aromatic carbocycles. The van der Waals surface area contributed by atoms with Crippen molar-refractivity contribution in [2.75, 3.05) is 13.1 Å². The van der Waals surface area contributed by atoms with E-state index >= 15 is 0 Å². The Kier molecular flexibility index (Phi) is 7.36. The van der Waals surface area contributed by atoms with Crippen LogP contribution in [-0.2, 0) is 18.9 Å². The van der Waals surface area contributed by atoms with Crippen LogP contribution in [0.15, 0.2) is 0 Å². The lowest BCUT2D eigenvalue weighted by Gasteiger charge is -2.19. The second-order valence-corrected chi connectivity index (χ2v) is 6.00. The molecule has 0 saturated carbocycles. The predicted octanol–water partition coefficient (Wildman–Crippen LogP) is -2.79. The third kappa shape index (κ3) is 7.19. The first-order chi connectivity index (χ1) is 9.07. The summed E-state index contributed by atoms with van der Waals surface area (Å²) in [4.78, 5) is 51.4. The van der Waals surface area contributed by atoms with Gasteiger partial charge in [-0.1, -0.05) is 0 Å². The minimum atomic E-state index is -4.43. The molecule has 2 atom stereocenters. The molecule has 20 heavy (non-hydrogen) atoms. The summed E-state index contributed by atoms with van der Waals surface area (Å²) in [6, 6.07) is -1.01. The summed E-state index contributed by atoms with van der Waals surface area (Å²) in [5.74, 6) is -3.25. The zero-order chi connectivity index (χ0) is 15.9. The van der Waals surface area contributed by atoms with Gasteiger partial charge >= 0.3 is 7.60 Å². The standard InChI is InChI=1S/C9H19N4O6P/c1-5(9(16)13-6(2)20(17,18)19)12-8(15)4-11-7(14)3-10/h5-6H,3-4,10H2,1-2H3,(H,11,14)(H,12,15)(H,13,16)(H2,17,18,19)/t5-,6+/m0/s1. The summed E-state index contributed by atoms with van der Waals surface area (Å²) in [5.41, 5.74) is 5.02. The van der Waals surface area contributed by atoms with E-state index in [1.807, 2.05) is 0 Å². The van der Waals surface area contributed by atoms with Gasteiger partial charge in [-0.15, -0.1) is 0 Å². The predicted molar refractivity (Wildman–Crippen MR) is 69.3 cm³/mol. The average molecular weight is 310 g/mol. The van der Waals surface area contributed by atoms with Crippen molar-refractivity contribution in [1.29, 1.82) is 0 Å². The highest BCUT2D eigenvalue weighted by molar-refractivity contribution is 7.52. The first-order valence-electron chi connectivity index (χ1n) is 5.69. The van der Waals surface area contributed by atoms with Gasteiger partial charge in [0.25, 0.3) is 0 Å². The number of hydrogen-bond acceptors (Lipinski definition) is 5. The molecule has 0 heterocycles. The fourth-order valence-corrected chi connectivity index (χ4v) is 1.32. The highest BCUT2D eigenvalue weighted by atomic mass is 31.2. The van der Waals surface area contributed by atoms with Crippen LogP contribution in [0.5, 0.6) is 0 Å². The topological polar surface area (TPSA) is 171 Å². The van der Waals surface area contributed by atoms with E-state index < -0.39 is 37.1 Å². The quantitative estimate of drug-likeness (QED) is 0.276. The largest absolute Gasteiger partial charge is 0.347 e. The molecule has 10 nitrogen and oxygen atoms in total. The number of carbonyl (C=O) groups excluding carboxylic acids is 3. The SMILES string of the molecule is C[C@H](NC(=O)CNC(=O)CN)C(=O)N[C@@H](C)P(=O)(O)O. The summed E-state index contributed by atoms with van der Waals surface area (Å²) < 4.78 is 10.9. The van der Waals surface area contributed by atoms with E-state index in [0.717, 1.165) is 6.92 Å². The Labute approximate surface area is 115 Å². The maximum Gasteiger partial charge on any atom is 0.347 e. The molecule has 0 unspecified atom stereocenters. The number of hydrogen-bond donors (Lipinski definition) is 6. The van der Waals surface area contributed by atoms with Crippen molar-refractivity contribution >= 4 is 25.3 Å². The Balaban J connectivity index is 4.23. The number of rotatable bonds is 7. The summed E-state index contributed by atoms with van der Waals surface area (Å²) in [5, 5.41) is 6.54. The molecule has 7 N–H and O–H groups in total. The van der Waals surface area contributed by atoms with Gasteiger partial charge in [0, 0.05) is 0 Å². The lowest BCUT2D eigenvalue weighted by molar-refractivity contribution is -0.129. The number of nitrogens with one attached hydrogen (secondary N) is 3. The van der Waals surface area contributed by atoms with E-state index in [1.165, 1.54) is 6.92 Å². The van der Waals surface area contributed by atoms with Crippen molar-refractivity contribution < 1.29 is 28.7 Å². The molecular formula is C9H19N4O6P. The molecule has 0 aliphatic heterocycles. The van der Waals surface area contributed by atoms with Gasteiger partial charge in [0.1, 0.15) is 11.8 Å². The van der Waals surface area contributed by atoms with E-state index in [-0.39, 0.29) is 13.1 Å². The van der Waals surface area contributed by atoms with E-state index in [1.54, 1.807) is 0 Å². The third-order valence-corrected chi connectivity index (χ3v) is 3.40. The van der Waals surface area contributed by atoms with Crippen molar-refractivity contribution in [3.8, 4) is 0 Å². The van der Waals surface area contributed by atoms with Crippen LogP contribution in [0.25, 0.3) is 0 Å². The summed E-state index contributed by atoms with van der Waals surface area (Å²) in [6.45, 7) is 1.88. The van der Waals surface area contributed by atoms with Gasteiger partial charge < -0.3 is 31.5 Å². The lowest BCUT2D eigenvalue weighted by Crippen LogP contribution is -2.50. The smallest absolute Gasteiger partial charge is 0.346 e. The highest BCUT2D eigenvalue weighted by Crippen LogP contribution is 2.38. The second kappa shape index (κ2) is 7.95. The molecule has 3 amide bonds. The molecular weight excluding hydrogens is 291 g/mol. The maximum absolute atomic E-state index is 11.6. The maximum atomic E-state index is 11.6. The van der Waals surface area contributed by atoms with Crippen molar-refractivity contribution in [2.45, 2.75) is 25.7 Å². The molecule has 0 fully saturated rings. The van der Waals surface area contributed by atoms with Gasteiger partial charge in [0.05, 0.1) is 13.1 Å². The Morgan fingerprint density at radius 3 is 2.15 bits per heavy atom. The van der Waals surface area contributed by atoms with E-state index in [0.29, 0.717) is 0 Å². The third-order valence-electron chi connectivity index (χ3n) is 2.26. The number of amides is 3. The fraction of sp³-hybridized carbons (Fsp3) is 0.667. The molecule has 0 rings (SSSR count). The molecule has 0 aromatic heterocycles. The molecule has 0 radical (unpaired) electrons. The van der Waals surface area contributed by atoms with Gasteiger partial charge in [-0.2, -0.15) is 0 Å². The van der Waals surface area contributed by atoms with E-state index in [4.69, 9.17) is 15.5 Å². The first kappa shape index (κ1) is 18.5. The minimum absolute atomic E-state index is 0.261. The number of nitrogens with two attached hydrogens (primary N) is 1. The zero-order valence-corrected chi connectivity index (χ0v) is 12.0. The molecule has 116 valence electrons. The molecule has 0 aromatic rings. The van der Waals surface area contributed by atoms with Crippen molar-refractivity contribution in [2.24, 2.45) is 5.73 Å². The van der Waals surface area contributed by atoms with Crippen molar-refractivity contribution in [3.05, 3.63) is 0 Å². The van der Waals surface area contributed by atoms with Crippen LogP contribution in [0.4, 0.5) is 0 Å². The van der Waals surface area contributed by atoms with Crippen LogP contribution >= 0.6 is 7.60 Å². The fourth-order valence-electron chi connectivity index (χ4n) is 1.02. The van der Waals surface area contributed by atoms with Gasteiger partial charge in [-0.3, -0.25) is 18.9 Å². The van der Waals surface area contributed by atoms with Crippen molar-refractivity contribution in [3.63, 3.8) is 0 Å². The van der Waals surface area contributed by atoms with Gasteiger partial charge in [-0.25, -0.2) is 0 Å². The van der Waals surface area contributed by atoms with Gasteiger partial charge in [-0.05, 0) is 13.8 Å². The molecule has 0 bridgehead atoms. The summed E-state index contributed by atoms with van der Waals surface area (Å²) >= 11 is 0. The van der Waals surface area contributed by atoms with Crippen LogP contribution in [0, 0.1) is 0 Å². The van der Waals surface area contributed by atoms with E-state index in [2.05, 4.69) is 16.0 Å². The van der Waals surface area contributed by atoms with Crippen LogP contribution in [0.3, 0.4) is 0 Å². The molecule has 0 aliphatic carbocycles. The minimum Gasteiger partial charge on any atom is -0.346 e. The highest BCUT2D eigenvalue weighted by Gasteiger charge is 2.27. The van der Waals surface area contributed by atoms with Gasteiger partial charge in [0.15, 0.2) is 0 Å². The van der Waals surface area contributed by atoms with E-state index in [9.17, 15) is 18.9 Å². The summed E-state index contributed by atoms with van der Waals surface area (Å²) in [6.07, 6.45) is 0. The Morgan fingerprint density at radius 1 is 1.15 bits per heavy atom. The molecule has 0 saturated heterocycles. The van der Waals surface area contributed by atoms with Crippen LogP contribution in [0.2, 0.25) is 0 Å². The lowest BCUT2D eigenvalue weighted by atomic mass is 10.3. The Morgan fingerprint density at radius 2 is 1.70 bits per heavy atom. The zero-order valence-electron chi connectivity index (χ0n) is 11.1. The van der Waals surface area contributed by atoms with Crippen molar-refractivity contribution in [1.82, 2.24) is 16.0 Å². The molecule has 0 aliphatic rings.